The Balaban J connectivity index is 2.02. The van der Waals surface area contributed by atoms with Gasteiger partial charge in [0.2, 0.25) is 0 Å². The van der Waals surface area contributed by atoms with Gasteiger partial charge >= 0.3 is 5.97 Å². The van der Waals surface area contributed by atoms with Gasteiger partial charge in [0.25, 0.3) is 5.91 Å². The largest absolute Gasteiger partial charge is 0.497 e. The lowest BCUT2D eigenvalue weighted by molar-refractivity contribution is -0.123. The minimum atomic E-state index is -1.04. The summed E-state index contributed by atoms with van der Waals surface area (Å²) in [5, 5.41) is 3.27. The van der Waals surface area contributed by atoms with E-state index in [9.17, 15) is 9.59 Å². The van der Waals surface area contributed by atoms with Crippen LogP contribution in [-0.4, -0.2) is 25.1 Å². The molecule has 25 heavy (non-hydrogen) atoms. The van der Waals surface area contributed by atoms with E-state index in [0.717, 1.165) is 0 Å². The Hall–Kier alpha value is -1.95. The molecule has 0 fully saturated rings. The van der Waals surface area contributed by atoms with Gasteiger partial charge in [0.15, 0.2) is 6.10 Å². The van der Waals surface area contributed by atoms with Crippen molar-refractivity contribution in [1.82, 2.24) is 0 Å². The minimum Gasteiger partial charge on any atom is -0.497 e. The van der Waals surface area contributed by atoms with Gasteiger partial charge in [0, 0.05) is 0 Å². The van der Waals surface area contributed by atoms with Crippen molar-refractivity contribution in [2.45, 2.75) is 13.0 Å². The number of carbonyl (C=O) groups is 2. The molecular formula is C17H14Cl3NO4. The van der Waals surface area contributed by atoms with Crippen LogP contribution in [0.15, 0.2) is 36.4 Å². The summed E-state index contributed by atoms with van der Waals surface area (Å²) in [5.41, 5.74) is 0.571. The Labute approximate surface area is 159 Å². The lowest BCUT2D eigenvalue weighted by Gasteiger charge is -2.15. The van der Waals surface area contributed by atoms with Gasteiger partial charge in [0.1, 0.15) is 5.75 Å². The number of rotatable bonds is 5. The molecule has 1 atom stereocenters. The summed E-state index contributed by atoms with van der Waals surface area (Å²) in [7, 11) is 1.52. The Morgan fingerprint density at radius 3 is 2.20 bits per heavy atom. The van der Waals surface area contributed by atoms with Crippen LogP contribution in [-0.2, 0) is 9.53 Å². The first-order chi connectivity index (χ1) is 11.8. The number of halogens is 3. The smallest absolute Gasteiger partial charge is 0.338 e. The third kappa shape index (κ3) is 5.01. The molecule has 8 heteroatoms. The van der Waals surface area contributed by atoms with Crippen molar-refractivity contribution in [3.63, 3.8) is 0 Å². The molecule has 0 aliphatic rings. The fraction of sp³-hybridized carbons (Fsp3) is 0.176. The van der Waals surface area contributed by atoms with Crippen LogP contribution in [0.1, 0.15) is 17.3 Å². The molecule has 2 rings (SSSR count). The van der Waals surface area contributed by atoms with Crippen LogP contribution in [0, 0.1) is 0 Å². The second kappa shape index (κ2) is 8.43. The first-order valence-electron chi connectivity index (χ1n) is 7.12. The first-order valence-corrected chi connectivity index (χ1v) is 8.25. The SMILES string of the molecule is COc1ccc(C(=O)OC(C)C(=O)Nc2cc(Cl)c(Cl)cc2Cl)cc1. The number of methoxy groups -OCH3 is 1. The molecule has 2 aromatic carbocycles. The molecule has 0 saturated heterocycles. The van der Waals surface area contributed by atoms with Crippen LogP contribution in [0.2, 0.25) is 15.1 Å². The molecule has 1 unspecified atom stereocenters. The predicted molar refractivity (Wildman–Crippen MR) is 98.0 cm³/mol. The summed E-state index contributed by atoms with van der Waals surface area (Å²) in [5.74, 6) is -0.579. The van der Waals surface area contributed by atoms with E-state index in [4.69, 9.17) is 44.3 Å². The summed E-state index contributed by atoms with van der Waals surface area (Å²) in [4.78, 5) is 24.3. The van der Waals surface area contributed by atoms with Crippen molar-refractivity contribution in [1.29, 1.82) is 0 Å². The van der Waals surface area contributed by atoms with Crippen LogP contribution >= 0.6 is 34.8 Å². The first kappa shape index (κ1) is 19.4. The number of ether oxygens (including phenoxy) is 2. The van der Waals surface area contributed by atoms with Crippen molar-refractivity contribution >= 4 is 52.4 Å². The molecule has 0 radical (unpaired) electrons. The summed E-state index contributed by atoms with van der Waals surface area (Å²) in [6, 6.07) is 9.16. The van der Waals surface area contributed by atoms with Crippen LogP contribution in [0.3, 0.4) is 0 Å². The molecule has 0 heterocycles. The second-order valence-electron chi connectivity index (χ2n) is 5.01. The molecular weight excluding hydrogens is 389 g/mol. The maximum Gasteiger partial charge on any atom is 0.338 e. The van der Waals surface area contributed by atoms with Crippen molar-refractivity contribution in [3.8, 4) is 5.75 Å². The van der Waals surface area contributed by atoms with Gasteiger partial charge in [-0.1, -0.05) is 34.8 Å². The van der Waals surface area contributed by atoms with Gasteiger partial charge < -0.3 is 14.8 Å². The molecule has 0 aromatic heterocycles. The van der Waals surface area contributed by atoms with Crippen LogP contribution in [0.4, 0.5) is 5.69 Å². The number of amides is 1. The van der Waals surface area contributed by atoms with E-state index in [1.807, 2.05) is 0 Å². The number of nitrogens with one attached hydrogen (secondary N) is 1. The Kier molecular flexibility index (Phi) is 6.53. The van der Waals surface area contributed by atoms with Gasteiger partial charge in [-0.2, -0.15) is 0 Å². The second-order valence-corrected chi connectivity index (χ2v) is 6.23. The third-order valence-electron chi connectivity index (χ3n) is 3.25. The van der Waals surface area contributed by atoms with Crippen LogP contribution in [0.5, 0.6) is 5.75 Å². The highest BCUT2D eigenvalue weighted by molar-refractivity contribution is 6.44. The minimum absolute atomic E-state index is 0.219. The van der Waals surface area contributed by atoms with E-state index in [1.54, 1.807) is 24.3 Å². The molecule has 0 bridgehead atoms. The normalized spacial score (nSPS) is 11.6. The molecule has 0 aliphatic heterocycles. The van der Waals surface area contributed by atoms with Crippen molar-refractivity contribution in [2.75, 3.05) is 12.4 Å². The van der Waals surface area contributed by atoms with Gasteiger partial charge in [0.05, 0.1) is 33.4 Å². The Morgan fingerprint density at radius 2 is 1.60 bits per heavy atom. The zero-order valence-corrected chi connectivity index (χ0v) is 15.6. The van der Waals surface area contributed by atoms with Gasteiger partial charge in [-0.25, -0.2) is 4.79 Å². The maximum atomic E-state index is 12.2. The molecule has 132 valence electrons. The van der Waals surface area contributed by atoms with Gasteiger partial charge in [-0.05, 0) is 43.3 Å². The molecule has 1 amide bonds. The standard InChI is InChI=1S/C17H14Cl3NO4/c1-9(25-17(23)10-3-5-11(24-2)6-4-10)16(22)21-15-8-13(19)12(18)7-14(15)20/h3-9H,1-2H3,(H,21,22). The summed E-state index contributed by atoms with van der Waals surface area (Å²) < 4.78 is 10.2. The Bertz CT molecular complexity index is 793. The maximum absolute atomic E-state index is 12.2. The number of carbonyl (C=O) groups excluding carboxylic acids is 2. The third-order valence-corrected chi connectivity index (χ3v) is 4.28. The summed E-state index contributed by atoms with van der Waals surface area (Å²) >= 11 is 17.7. The van der Waals surface area contributed by atoms with E-state index in [1.165, 1.54) is 26.2 Å². The van der Waals surface area contributed by atoms with E-state index in [0.29, 0.717) is 11.3 Å². The van der Waals surface area contributed by atoms with E-state index in [-0.39, 0.29) is 20.8 Å². The van der Waals surface area contributed by atoms with Gasteiger partial charge in [-0.15, -0.1) is 0 Å². The molecule has 1 N–H and O–H groups in total. The van der Waals surface area contributed by atoms with E-state index >= 15 is 0 Å². The van der Waals surface area contributed by atoms with Crippen LogP contribution in [0.25, 0.3) is 0 Å². The molecule has 0 saturated carbocycles. The topological polar surface area (TPSA) is 64.6 Å². The summed E-state index contributed by atoms with van der Waals surface area (Å²) in [6.45, 7) is 1.45. The fourth-order valence-electron chi connectivity index (χ4n) is 1.86. The van der Waals surface area contributed by atoms with Gasteiger partial charge in [-0.3, -0.25) is 4.79 Å². The fourth-order valence-corrected chi connectivity index (χ4v) is 2.46. The van der Waals surface area contributed by atoms with Crippen LogP contribution < -0.4 is 10.1 Å². The summed E-state index contributed by atoms with van der Waals surface area (Å²) in [6.07, 6.45) is -1.04. The zero-order valence-electron chi connectivity index (χ0n) is 13.3. The number of anilines is 1. The highest BCUT2D eigenvalue weighted by atomic mass is 35.5. The zero-order chi connectivity index (χ0) is 18.6. The average molecular weight is 403 g/mol. The molecule has 0 spiro atoms. The van der Waals surface area contributed by atoms with Crippen molar-refractivity contribution in [2.24, 2.45) is 0 Å². The van der Waals surface area contributed by atoms with E-state index < -0.39 is 18.0 Å². The Morgan fingerprint density at radius 1 is 1.00 bits per heavy atom. The quantitative estimate of drug-likeness (QED) is 0.574. The van der Waals surface area contributed by atoms with Crippen molar-refractivity contribution in [3.05, 3.63) is 57.0 Å². The highest BCUT2D eigenvalue weighted by Gasteiger charge is 2.20. The number of esters is 1. The number of hydrogen-bond donors (Lipinski definition) is 1. The molecule has 0 aliphatic carbocycles. The van der Waals surface area contributed by atoms with E-state index in [2.05, 4.69) is 5.32 Å². The predicted octanol–water partition coefficient (Wildman–Crippen LogP) is 4.84. The average Bonchev–Trinajstić information content (AvgIpc) is 2.59. The molecule has 5 nitrogen and oxygen atoms in total. The lowest BCUT2D eigenvalue weighted by atomic mass is 10.2. The lowest BCUT2D eigenvalue weighted by Crippen LogP contribution is -2.30. The molecule has 2 aromatic rings. The van der Waals surface area contributed by atoms with Crippen molar-refractivity contribution < 1.29 is 19.1 Å². The number of benzene rings is 2. The monoisotopic (exact) mass is 401 g/mol. The highest BCUT2D eigenvalue weighted by Crippen LogP contribution is 2.32. The number of hydrogen-bond acceptors (Lipinski definition) is 4.